The second-order valence-electron chi connectivity index (χ2n) is 8.74. The Bertz CT molecular complexity index is 722. The van der Waals surface area contributed by atoms with Crippen molar-refractivity contribution in [1.82, 2.24) is 20.1 Å². The third kappa shape index (κ3) is 4.48. The van der Waals surface area contributed by atoms with Crippen LogP contribution in [0.1, 0.15) is 67.6 Å². The van der Waals surface area contributed by atoms with E-state index in [0.717, 1.165) is 25.7 Å². The Morgan fingerprint density at radius 2 is 1.90 bits per heavy atom. The highest BCUT2D eigenvalue weighted by Crippen LogP contribution is 2.28. The van der Waals surface area contributed by atoms with Crippen LogP contribution in [0.2, 0.25) is 0 Å². The highest BCUT2D eigenvalue weighted by molar-refractivity contribution is 5.92. The molecule has 1 saturated carbocycles. The van der Waals surface area contributed by atoms with E-state index in [0.29, 0.717) is 37.5 Å². The molecule has 0 radical (unpaired) electrons. The van der Waals surface area contributed by atoms with Gasteiger partial charge in [-0.25, -0.2) is 4.98 Å². The Hall–Kier alpha value is -1.93. The number of nitrogens with zero attached hydrogens (tertiary/aromatic N) is 3. The molecule has 8 nitrogen and oxygen atoms in total. The number of carbonyl (C=O) groups excluding carboxylic acids is 2. The van der Waals surface area contributed by atoms with Crippen molar-refractivity contribution in [3.05, 3.63) is 17.8 Å². The van der Waals surface area contributed by atoms with E-state index in [1.807, 2.05) is 0 Å². The highest BCUT2D eigenvalue weighted by Gasteiger charge is 2.41. The lowest BCUT2D eigenvalue weighted by Gasteiger charge is -2.39. The van der Waals surface area contributed by atoms with E-state index in [4.69, 9.17) is 4.42 Å². The lowest BCUT2D eigenvalue weighted by molar-refractivity contribution is -0.127. The first-order valence-corrected chi connectivity index (χ1v) is 11.0. The number of aliphatic hydroxyl groups is 1. The molecule has 1 aromatic heterocycles. The second kappa shape index (κ2) is 8.83. The van der Waals surface area contributed by atoms with Crippen LogP contribution in [-0.2, 0) is 4.79 Å². The van der Waals surface area contributed by atoms with E-state index in [1.54, 1.807) is 11.8 Å². The summed E-state index contributed by atoms with van der Waals surface area (Å²) in [6, 6.07) is 0.213. The number of aryl methyl sites for hydroxylation is 1. The molecule has 2 saturated heterocycles. The molecular weight excluding hydrogens is 372 g/mol. The maximum atomic E-state index is 12.9. The summed E-state index contributed by atoms with van der Waals surface area (Å²) in [5.74, 6) is 0.250. The lowest BCUT2D eigenvalue weighted by Crippen LogP contribution is -2.53. The molecule has 4 rings (SSSR count). The van der Waals surface area contributed by atoms with Crippen LogP contribution in [0.5, 0.6) is 0 Å². The molecule has 0 bridgehead atoms. The molecule has 0 spiro atoms. The Kier molecular flexibility index (Phi) is 6.20. The fraction of sp³-hybridized carbons (Fsp3) is 0.762. The van der Waals surface area contributed by atoms with Crippen molar-refractivity contribution in [3.63, 3.8) is 0 Å². The third-order valence-corrected chi connectivity index (χ3v) is 6.73. The summed E-state index contributed by atoms with van der Waals surface area (Å²) in [6.45, 7) is 3.54. The van der Waals surface area contributed by atoms with Gasteiger partial charge in [0.15, 0.2) is 6.39 Å². The zero-order valence-electron chi connectivity index (χ0n) is 17.2. The molecule has 3 aliphatic rings. The molecule has 3 fully saturated rings. The number of piperidine rings is 1. The van der Waals surface area contributed by atoms with Crippen LogP contribution in [0.25, 0.3) is 0 Å². The standard InChI is InChI=1S/C21H32N4O4/c1-14-19(29-13-22-14)21(28)24-9-7-16(8-10-24)25-12-17(26)11-18(25)20(27)23-15-5-3-2-4-6-15/h13,15-18,26H,2-12H2,1H3,(H,23,27)/t17-,18+/m1/s1. The predicted molar refractivity (Wildman–Crippen MR) is 106 cm³/mol. The smallest absolute Gasteiger partial charge is 0.291 e. The summed E-state index contributed by atoms with van der Waals surface area (Å²) in [5, 5.41) is 13.5. The normalized spacial score (nSPS) is 27.3. The number of hydrogen-bond acceptors (Lipinski definition) is 6. The summed E-state index contributed by atoms with van der Waals surface area (Å²) >= 11 is 0. The second-order valence-corrected chi connectivity index (χ2v) is 8.74. The molecule has 1 aliphatic carbocycles. The molecule has 8 heteroatoms. The Morgan fingerprint density at radius 1 is 1.17 bits per heavy atom. The van der Waals surface area contributed by atoms with Crippen LogP contribution in [0.15, 0.2) is 10.8 Å². The van der Waals surface area contributed by atoms with Gasteiger partial charge in [-0.3, -0.25) is 14.5 Å². The molecule has 160 valence electrons. The number of β-amino-alcohol motifs (C(OH)–C–C–N with tert-alkyl or cyclic N) is 1. The molecule has 1 aromatic rings. The summed E-state index contributed by atoms with van der Waals surface area (Å²) in [5.41, 5.74) is 0.610. The largest absolute Gasteiger partial charge is 0.438 e. The summed E-state index contributed by atoms with van der Waals surface area (Å²) < 4.78 is 5.24. The van der Waals surface area contributed by atoms with Crippen molar-refractivity contribution >= 4 is 11.8 Å². The SMILES string of the molecule is Cc1ncoc1C(=O)N1CCC(N2C[C@H](O)C[C@H]2C(=O)NC2CCCCC2)CC1. The number of rotatable bonds is 4. The average molecular weight is 405 g/mol. The predicted octanol–water partition coefficient (Wildman–Crippen LogP) is 1.47. The minimum atomic E-state index is -0.464. The van der Waals surface area contributed by atoms with Crippen LogP contribution in [-0.4, -0.2) is 75.6 Å². The summed E-state index contributed by atoms with van der Waals surface area (Å²) in [6.07, 6.45) is 8.64. The van der Waals surface area contributed by atoms with Crippen LogP contribution < -0.4 is 5.32 Å². The molecule has 2 atom stereocenters. The number of aliphatic hydroxyl groups excluding tert-OH is 1. The Balaban J connectivity index is 1.34. The fourth-order valence-corrected chi connectivity index (χ4v) is 5.10. The maximum Gasteiger partial charge on any atom is 0.291 e. The summed E-state index contributed by atoms with van der Waals surface area (Å²) in [4.78, 5) is 33.5. The number of nitrogens with one attached hydrogen (secondary N) is 1. The van der Waals surface area contributed by atoms with E-state index in [-0.39, 0.29) is 29.9 Å². The van der Waals surface area contributed by atoms with Crippen molar-refractivity contribution in [2.24, 2.45) is 0 Å². The van der Waals surface area contributed by atoms with Crippen LogP contribution in [0.4, 0.5) is 0 Å². The van der Waals surface area contributed by atoms with Gasteiger partial charge in [0.2, 0.25) is 11.7 Å². The fourth-order valence-electron chi connectivity index (χ4n) is 5.10. The van der Waals surface area contributed by atoms with Gasteiger partial charge in [0.25, 0.3) is 5.91 Å². The first kappa shape index (κ1) is 20.3. The van der Waals surface area contributed by atoms with Crippen molar-refractivity contribution in [1.29, 1.82) is 0 Å². The van der Waals surface area contributed by atoms with Crippen LogP contribution in [0.3, 0.4) is 0 Å². The van der Waals surface area contributed by atoms with E-state index in [2.05, 4.69) is 15.2 Å². The first-order valence-electron chi connectivity index (χ1n) is 11.0. The van der Waals surface area contributed by atoms with E-state index in [9.17, 15) is 14.7 Å². The quantitative estimate of drug-likeness (QED) is 0.789. The number of amides is 2. The molecule has 2 aliphatic heterocycles. The monoisotopic (exact) mass is 404 g/mol. The van der Waals surface area contributed by atoms with E-state index in [1.165, 1.54) is 25.7 Å². The Labute approximate surface area is 171 Å². The van der Waals surface area contributed by atoms with Gasteiger partial charge in [-0.2, -0.15) is 0 Å². The van der Waals surface area contributed by atoms with Gasteiger partial charge in [0, 0.05) is 31.7 Å². The van der Waals surface area contributed by atoms with Crippen LogP contribution >= 0.6 is 0 Å². The summed E-state index contributed by atoms with van der Waals surface area (Å²) in [7, 11) is 0. The van der Waals surface area contributed by atoms with Gasteiger partial charge < -0.3 is 19.7 Å². The average Bonchev–Trinajstić information content (AvgIpc) is 3.34. The van der Waals surface area contributed by atoms with E-state index < -0.39 is 6.10 Å². The highest BCUT2D eigenvalue weighted by atomic mass is 16.3. The van der Waals surface area contributed by atoms with Gasteiger partial charge in [-0.05, 0) is 39.0 Å². The van der Waals surface area contributed by atoms with Crippen molar-refractivity contribution < 1.29 is 19.1 Å². The Morgan fingerprint density at radius 3 is 2.55 bits per heavy atom. The van der Waals surface area contributed by atoms with Crippen molar-refractivity contribution in [2.45, 2.75) is 82.5 Å². The van der Waals surface area contributed by atoms with Gasteiger partial charge in [-0.1, -0.05) is 19.3 Å². The molecule has 3 heterocycles. The minimum absolute atomic E-state index is 0.0595. The molecule has 29 heavy (non-hydrogen) atoms. The molecule has 2 amide bonds. The molecule has 0 aromatic carbocycles. The zero-order valence-corrected chi connectivity index (χ0v) is 17.2. The number of hydrogen-bond donors (Lipinski definition) is 2. The number of likely N-dealkylation sites (tertiary alicyclic amines) is 2. The van der Waals surface area contributed by atoms with Gasteiger partial charge in [-0.15, -0.1) is 0 Å². The zero-order chi connectivity index (χ0) is 20.4. The van der Waals surface area contributed by atoms with Gasteiger partial charge in [0.05, 0.1) is 17.8 Å². The minimum Gasteiger partial charge on any atom is -0.438 e. The lowest BCUT2D eigenvalue weighted by atomic mass is 9.95. The molecule has 2 N–H and O–H groups in total. The topological polar surface area (TPSA) is 98.9 Å². The third-order valence-electron chi connectivity index (χ3n) is 6.73. The number of carbonyl (C=O) groups is 2. The van der Waals surface area contributed by atoms with E-state index >= 15 is 0 Å². The maximum absolute atomic E-state index is 12.9. The molecule has 0 unspecified atom stereocenters. The van der Waals surface area contributed by atoms with Crippen LogP contribution in [0, 0.1) is 6.92 Å². The van der Waals surface area contributed by atoms with Gasteiger partial charge in [0.1, 0.15) is 0 Å². The molecular formula is C21H32N4O4. The van der Waals surface area contributed by atoms with Gasteiger partial charge >= 0.3 is 0 Å². The van der Waals surface area contributed by atoms with Crippen molar-refractivity contribution in [3.8, 4) is 0 Å². The number of aromatic nitrogens is 1. The number of oxazole rings is 1. The first-order chi connectivity index (χ1) is 14.0. The van der Waals surface area contributed by atoms with Crippen molar-refractivity contribution in [2.75, 3.05) is 19.6 Å².